The van der Waals surface area contributed by atoms with Gasteiger partial charge >= 0.3 is 12.1 Å². The number of hydrogen-bond acceptors (Lipinski definition) is 4. The van der Waals surface area contributed by atoms with Crippen LogP contribution in [0.2, 0.25) is 0 Å². The first kappa shape index (κ1) is 22.4. The molecule has 3 N–H and O–H groups in total. The zero-order chi connectivity index (χ0) is 23.7. The van der Waals surface area contributed by atoms with Crippen LogP contribution >= 0.6 is 0 Å². The maximum Gasteiger partial charge on any atom is 0.407 e. The molecule has 0 unspecified atom stereocenters. The second-order valence-electron chi connectivity index (χ2n) is 9.74. The fourth-order valence-corrected chi connectivity index (χ4v) is 5.62. The van der Waals surface area contributed by atoms with Gasteiger partial charge in [-0.25, -0.2) is 4.79 Å². The first-order valence-corrected chi connectivity index (χ1v) is 12.1. The SMILES string of the molecule is O=C(NC1CC(C(=O)N[C@H]2CCC[C@@H](C(=O)O)C2)C1)OCC1c2ccccc2-c2ccccc21. The van der Waals surface area contributed by atoms with Crippen molar-refractivity contribution < 1.29 is 24.2 Å². The van der Waals surface area contributed by atoms with Crippen LogP contribution in [0.15, 0.2) is 48.5 Å². The fraction of sp³-hybridized carbons (Fsp3) is 0.444. The molecule has 2 aromatic rings. The number of amides is 2. The smallest absolute Gasteiger partial charge is 0.407 e. The van der Waals surface area contributed by atoms with Crippen LogP contribution in [0.1, 0.15) is 55.6 Å². The van der Waals surface area contributed by atoms with Gasteiger partial charge in [0.25, 0.3) is 0 Å². The van der Waals surface area contributed by atoms with E-state index in [1.807, 2.05) is 24.3 Å². The van der Waals surface area contributed by atoms with Gasteiger partial charge in [0, 0.05) is 23.9 Å². The second kappa shape index (κ2) is 9.49. The van der Waals surface area contributed by atoms with E-state index in [1.165, 1.54) is 22.3 Å². The molecule has 0 radical (unpaired) electrons. The minimum absolute atomic E-state index is 0.0168. The third kappa shape index (κ3) is 4.52. The van der Waals surface area contributed by atoms with Crippen molar-refractivity contribution in [3.8, 4) is 11.1 Å². The van der Waals surface area contributed by atoms with Gasteiger partial charge < -0.3 is 20.5 Å². The number of carbonyl (C=O) groups excluding carboxylic acids is 2. The van der Waals surface area contributed by atoms with Gasteiger partial charge in [-0.2, -0.15) is 0 Å². The number of hydrogen-bond donors (Lipinski definition) is 3. The van der Waals surface area contributed by atoms with Gasteiger partial charge in [0.1, 0.15) is 6.61 Å². The van der Waals surface area contributed by atoms with Crippen molar-refractivity contribution in [1.29, 1.82) is 0 Å². The number of benzene rings is 2. The Morgan fingerprint density at radius 1 is 0.824 bits per heavy atom. The molecule has 0 spiro atoms. The van der Waals surface area contributed by atoms with Crippen LogP contribution in [0, 0.1) is 11.8 Å². The number of alkyl carbamates (subject to hydrolysis) is 1. The lowest BCUT2D eigenvalue weighted by Gasteiger charge is -2.36. The Balaban J connectivity index is 1.08. The monoisotopic (exact) mass is 462 g/mol. The van der Waals surface area contributed by atoms with Gasteiger partial charge in [0.2, 0.25) is 5.91 Å². The number of nitrogens with one attached hydrogen (secondary N) is 2. The summed E-state index contributed by atoms with van der Waals surface area (Å²) >= 11 is 0. The van der Waals surface area contributed by atoms with E-state index in [0.29, 0.717) is 25.7 Å². The number of ether oxygens (including phenoxy) is 1. The molecule has 5 rings (SSSR count). The Morgan fingerprint density at radius 2 is 1.44 bits per heavy atom. The third-order valence-electron chi connectivity index (χ3n) is 7.54. The summed E-state index contributed by atoms with van der Waals surface area (Å²) in [5.74, 6) is -1.33. The lowest BCUT2D eigenvalue weighted by atomic mass is 9.79. The number of carboxylic acids is 1. The Hall–Kier alpha value is -3.35. The van der Waals surface area contributed by atoms with Crippen LogP contribution in [0.5, 0.6) is 0 Å². The van der Waals surface area contributed by atoms with Crippen LogP contribution in [0.25, 0.3) is 11.1 Å². The number of fused-ring (bicyclic) bond motifs is 3. The van der Waals surface area contributed by atoms with Crippen molar-refractivity contribution in [2.75, 3.05) is 6.61 Å². The molecule has 2 amide bonds. The van der Waals surface area contributed by atoms with E-state index in [4.69, 9.17) is 4.74 Å². The van der Waals surface area contributed by atoms with Gasteiger partial charge in [-0.15, -0.1) is 0 Å². The number of aliphatic carboxylic acids is 1. The van der Waals surface area contributed by atoms with E-state index < -0.39 is 12.1 Å². The summed E-state index contributed by atoms with van der Waals surface area (Å²) in [6.07, 6.45) is 3.51. The molecule has 2 fully saturated rings. The minimum Gasteiger partial charge on any atom is -0.481 e. The zero-order valence-electron chi connectivity index (χ0n) is 19.0. The predicted octanol–water partition coefficient (Wildman–Crippen LogP) is 4.06. The van der Waals surface area contributed by atoms with Gasteiger partial charge in [0.15, 0.2) is 0 Å². The standard InChI is InChI=1S/C27H30N2O5/c30-25(28-18-7-5-6-16(12-18)26(31)32)17-13-19(14-17)29-27(33)34-15-24-22-10-3-1-8-20(22)21-9-2-4-11-23(21)24/h1-4,8-11,16-19,24H,5-7,12-15H2,(H,28,30)(H,29,33)(H,31,32)/t16-,17?,18+,19?/m1/s1. The largest absolute Gasteiger partial charge is 0.481 e. The summed E-state index contributed by atoms with van der Waals surface area (Å²) < 4.78 is 5.59. The zero-order valence-corrected chi connectivity index (χ0v) is 19.0. The molecule has 178 valence electrons. The third-order valence-corrected chi connectivity index (χ3v) is 7.54. The lowest BCUT2D eigenvalue weighted by molar-refractivity contribution is -0.143. The number of carbonyl (C=O) groups is 3. The summed E-state index contributed by atoms with van der Waals surface area (Å²) in [4.78, 5) is 36.2. The van der Waals surface area contributed by atoms with Crippen LogP contribution in [0.3, 0.4) is 0 Å². The van der Waals surface area contributed by atoms with Crippen LogP contribution < -0.4 is 10.6 Å². The topological polar surface area (TPSA) is 105 Å². The summed E-state index contributed by atoms with van der Waals surface area (Å²) in [5.41, 5.74) is 4.72. The summed E-state index contributed by atoms with van der Waals surface area (Å²) in [6.45, 7) is 0.267. The highest BCUT2D eigenvalue weighted by Gasteiger charge is 2.38. The van der Waals surface area contributed by atoms with E-state index >= 15 is 0 Å². The maximum atomic E-state index is 12.5. The van der Waals surface area contributed by atoms with Crippen LogP contribution in [0.4, 0.5) is 4.79 Å². The molecule has 0 heterocycles. The molecule has 7 nitrogen and oxygen atoms in total. The van der Waals surface area contributed by atoms with Crippen molar-refractivity contribution >= 4 is 18.0 Å². The van der Waals surface area contributed by atoms with Crippen LogP contribution in [-0.4, -0.2) is 41.8 Å². The van der Waals surface area contributed by atoms with Gasteiger partial charge in [-0.3, -0.25) is 9.59 Å². The average Bonchev–Trinajstić information content (AvgIpc) is 3.13. The maximum absolute atomic E-state index is 12.5. The minimum atomic E-state index is -0.782. The molecule has 3 aliphatic carbocycles. The summed E-state index contributed by atoms with van der Waals surface area (Å²) in [6, 6.07) is 16.3. The normalized spacial score (nSPS) is 25.4. The Bertz CT molecular complexity index is 1050. The van der Waals surface area contributed by atoms with Crippen molar-refractivity contribution in [3.05, 3.63) is 59.7 Å². The molecular weight excluding hydrogens is 432 g/mol. The molecule has 0 saturated heterocycles. The molecule has 0 bridgehead atoms. The van der Waals surface area contributed by atoms with Crippen molar-refractivity contribution in [2.24, 2.45) is 11.8 Å². The first-order chi connectivity index (χ1) is 16.5. The lowest BCUT2D eigenvalue weighted by Crippen LogP contribution is -2.51. The Labute approximate surface area is 198 Å². The summed E-state index contributed by atoms with van der Waals surface area (Å²) in [5, 5.41) is 15.1. The Morgan fingerprint density at radius 3 is 2.09 bits per heavy atom. The number of carboxylic acid groups (broad SMARTS) is 1. The van der Waals surface area contributed by atoms with Gasteiger partial charge in [-0.05, 0) is 54.4 Å². The molecule has 7 heteroatoms. The first-order valence-electron chi connectivity index (χ1n) is 12.1. The molecule has 2 aromatic carbocycles. The molecule has 3 aliphatic rings. The predicted molar refractivity (Wildman–Crippen MR) is 126 cm³/mol. The Kier molecular flexibility index (Phi) is 6.26. The van der Waals surface area contributed by atoms with E-state index in [0.717, 1.165) is 12.8 Å². The highest BCUT2D eigenvalue weighted by Crippen LogP contribution is 2.44. The van der Waals surface area contributed by atoms with Gasteiger partial charge in [0.05, 0.1) is 5.92 Å². The fourth-order valence-electron chi connectivity index (χ4n) is 5.62. The van der Waals surface area contributed by atoms with E-state index in [1.54, 1.807) is 0 Å². The second-order valence-corrected chi connectivity index (χ2v) is 9.74. The van der Waals surface area contributed by atoms with Crippen LogP contribution in [-0.2, 0) is 14.3 Å². The van der Waals surface area contributed by atoms with Crippen molar-refractivity contribution in [1.82, 2.24) is 10.6 Å². The number of rotatable bonds is 6. The van der Waals surface area contributed by atoms with E-state index in [-0.39, 0.29) is 42.4 Å². The molecule has 0 aromatic heterocycles. The molecule has 2 atom stereocenters. The van der Waals surface area contributed by atoms with Crippen molar-refractivity contribution in [2.45, 2.75) is 56.5 Å². The molecule has 2 saturated carbocycles. The highest BCUT2D eigenvalue weighted by atomic mass is 16.5. The quantitative estimate of drug-likeness (QED) is 0.600. The highest BCUT2D eigenvalue weighted by molar-refractivity contribution is 5.81. The summed E-state index contributed by atoms with van der Waals surface area (Å²) in [7, 11) is 0. The van der Waals surface area contributed by atoms with E-state index in [2.05, 4.69) is 34.9 Å². The molecule has 34 heavy (non-hydrogen) atoms. The molecule has 0 aliphatic heterocycles. The van der Waals surface area contributed by atoms with E-state index in [9.17, 15) is 19.5 Å². The average molecular weight is 463 g/mol. The van der Waals surface area contributed by atoms with Crippen molar-refractivity contribution in [3.63, 3.8) is 0 Å². The van der Waals surface area contributed by atoms with Gasteiger partial charge in [-0.1, -0.05) is 55.0 Å². The molecular formula is C27H30N2O5.